The fraction of sp³-hybridized carbons (Fsp3) is 0.100. The topological polar surface area (TPSA) is 89.2 Å². The average Bonchev–Trinajstić information content (AvgIpc) is 2.67. The highest BCUT2D eigenvalue weighted by Crippen LogP contribution is 2.29. The van der Waals surface area contributed by atoms with Crippen molar-refractivity contribution in [2.75, 3.05) is 0 Å². The Balaban J connectivity index is 1.95. The van der Waals surface area contributed by atoms with Crippen LogP contribution in [0.5, 0.6) is 0 Å². The van der Waals surface area contributed by atoms with Gasteiger partial charge in [-0.25, -0.2) is 9.92 Å². The number of amides is 1. The van der Waals surface area contributed by atoms with Gasteiger partial charge in [0.2, 0.25) is 0 Å². The fourth-order valence-corrected chi connectivity index (χ4v) is 2.75. The van der Waals surface area contributed by atoms with Crippen molar-refractivity contribution < 1.29 is 9.18 Å². The van der Waals surface area contributed by atoms with Gasteiger partial charge in [0.15, 0.2) is 5.84 Å². The monoisotopic (exact) mass is 348 g/mol. The first-order valence-corrected chi connectivity index (χ1v) is 8.05. The van der Waals surface area contributed by atoms with Crippen molar-refractivity contribution >= 4 is 22.5 Å². The van der Waals surface area contributed by atoms with E-state index in [0.29, 0.717) is 5.56 Å². The van der Waals surface area contributed by atoms with E-state index in [0.717, 1.165) is 21.9 Å². The van der Waals surface area contributed by atoms with Gasteiger partial charge in [-0.2, -0.15) is 0 Å². The Morgan fingerprint density at radius 1 is 1.12 bits per heavy atom. The molecule has 26 heavy (non-hydrogen) atoms. The third-order valence-electron chi connectivity index (χ3n) is 4.18. The van der Waals surface area contributed by atoms with Crippen LogP contribution in [0.4, 0.5) is 4.39 Å². The lowest BCUT2D eigenvalue weighted by molar-refractivity contribution is 0.0949. The number of carbonyl (C=O) groups excluding carboxylic acids is 1. The smallest absolute Gasteiger partial charge is 0.251 e. The van der Waals surface area contributed by atoms with Gasteiger partial charge in [0.25, 0.3) is 5.91 Å². The van der Waals surface area contributed by atoms with Gasteiger partial charge in [-0.3, -0.25) is 10.2 Å². The van der Waals surface area contributed by atoms with Gasteiger partial charge >= 0.3 is 0 Å². The number of benzene rings is 3. The highest BCUT2D eigenvalue weighted by Gasteiger charge is 2.14. The first-order valence-electron chi connectivity index (χ1n) is 8.05. The molecule has 0 bridgehead atoms. The standard InChI is InChI=1S/C20H17FN4O/c1-12(19(22)25-23)24-20(26)15-7-10-18-14(11-15)3-2-4-17(18)13-5-8-16(21)9-6-13/h2-12,22-23H,1H3,(H,24,26). The summed E-state index contributed by atoms with van der Waals surface area (Å²) in [6, 6.07) is 16.7. The Hall–Kier alpha value is -3.41. The molecule has 130 valence electrons. The fourth-order valence-electron chi connectivity index (χ4n) is 2.75. The molecule has 6 heteroatoms. The molecule has 0 fully saturated rings. The average molecular weight is 348 g/mol. The maximum absolute atomic E-state index is 13.2. The highest BCUT2D eigenvalue weighted by atomic mass is 19.1. The van der Waals surface area contributed by atoms with Crippen LogP contribution in [0.3, 0.4) is 0 Å². The number of halogens is 1. The molecule has 1 amide bonds. The summed E-state index contributed by atoms with van der Waals surface area (Å²) in [5.41, 5.74) is 9.15. The molecule has 0 aromatic heterocycles. The Morgan fingerprint density at radius 3 is 2.54 bits per heavy atom. The van der Waals surface area contributed by atoms with E-state index >= 15 is 0 Å². The quantitative estimate of drug-likeness (QED) is 0.354. The second-order valence-electron chi connectivity index (χ2n) is 5.94. The minimum atomic E-state index is -0.638. The molecule has 0 saturated heterocycles. The lowest BCUT2D eigenvalue weighted by Gasteiger charge is -2.12. The molecule has 1 atom stereocenters. The van der Waals surface area contributed by atoms with E-state index in [4.69, 9.17) is 10.9 Å². The van der Waals surface area contributed by atoms with Crippen LogP contribution in [0.1, 0.15) is 17.3 Å². The van der Waals surface area contributed by atoms with Gasteiger partial charge in [-0.15, -0.1) is 5.11 Å². The number of fused-ring (bicyclic) bond motifs is 1. The predicted octanol–water partition coefficient (Wildman–Crippen LogP) is 4.77. The molecule has 0 aliphatic carbocycles. The third-order valence-corrected chi connectivity index (χ3v) is 4.18. The van der Waals surface area contributed by atoms with E-state index < -0.39 is 6.04 Å². The molecule has 0 aliphatic heterocycles. The largest absolute Gasteiger partial charge is 0.342 e. The second kappa shape index (κ2) is 7.23. The van der Waals surface area contributed by atoms with Gasteiger partial charge in [-0.05, 0) is 53.1 Å². The van der Waals surface area contributed by atoms with Gasteiger partial charge in [0.1, 0.15) is 5.82 Å². The molecule has 3 aromatic rings. The van der Waals surface area contributed by atoms with E-state index in [2.05, 4.69) is 10.4 Å². The van der Waals surface area contributed by atoms with Crippen LogP contribution in [0, 0.1) is 16.8 Å². The normalized spacial score (nSPS) is 11.8. The van der Waals surface area contributed by atoms with Crippen LogP contribution in [-0.2, 0) is 0 Å². The van der Waals surface area contributed by atoms with Crippen LogP contribution < -0.4 is 5.32 Å². The molecule has 0 radical (unpaired) electrons. The van der Waals surface area contributed by atoms with Crippen molar-refractivity contribution in [1.29, 1.82) is 10.9 Å². The Morgan fingerprint density at radius 2 is 1.85 bits per heavy atom. The molecule has 3 rings (SSSR count). The molecule has 5 nitrogen and oxygen atoms in total. The van der Waals surface area contributed by atoms with Crippen LogP contribution in [-0.4, -0.2) is 17.8 Å². The van der Waals surface area contributed by atoms with E-state index in [1.54, 1.807) is 31.2 Å². The molecular weight excluding hydrogens is 331 g/mol. The molecule has 3 aromatic carbocycles. The molecular formula is C20H17FN4O. The number of nitrogens with zero attached hydrogens (tertiary/aromatic N) is 1. The van der Waals surface area contributed by atoms with Crippen LogP contribution >= 0.6 is 0 Å². The minimum Gasteiger partial charge on any atom is -0.342 e. The molecule has 1 unspecified atom stereocenters. The van der Waals surface area contributed by atoms with Crippen molar-refractivity contribution in [2.24, 2.45) is 5.11 Å². The zero-order chi connectivity index (χ0) is 18.7. The lowest BCUT2D eigenvalue weighted by Crippen LogP contribution is -2.37. The SMILES string of the molecule is CC(NC(=O)c1ccc2c(-c3ccc(F)cc3)cccc2c1)C(=N)N=N. The first-order chi connectivity index (χ1) is 12.5. The van der Waals surface area contributed by atoms with Crippen molar-refractivity contribution in [1.82, 2.24) is 5.32 Å². The van der Waals surface area contributed by atoms with Crippen molar-refractivity contribution in [3.05, 3.63) is 72.0 Å². The highest BCUT2D eigenvalue weighted by molar-refractivity contribution is 6.03. The first kappa shape index (κ1) is 17.4. The molecule has 0 heterocycles. The van der Waals surface area contributed by atoms with Gasteiger partial charge in [0.05, 0.1) is 6.04 Å². The summed E-state index contributed by atoms with van der Waals surface area (Å²) in [4.78, 5) is 12.4. The Kier molecular flexibility index (Phi) is 4.84. The molecule has 0 saturated carbocycles. The number of hydrogen-bond donors (Lipinski definition) is 3. The molecule has 0 spiro atoms. The van der Waals surface area contributed by atoms with Crippen LogP contribution in [0.25, 0.3) is 21.9 Å². The summed E-state index contributed by atoms with van der Waals surface area (Å²) < 4.78 is 13.2. The summed E-state index contributed by atoms with van der Waals surface area (Å²) in [6.07, 6.45) is 0. The van der Waals surface area contributed by atoms with Crippen molar-refractivity contribution in [3.8, 4) is 11.1 Å². The lowest BCUT2D eigenvalue weighted by atomic mass is 9.97. The third kappa shape index (κ3) is 3.49. The van der Waals surface area contributed by atoms with E-state index in [1.165, 1.54) is 12.1 Å². The van der Waals surface area contributed by atoms with Gasteiger partial charge in [-0.1, -0.05) is 36.4 Å². The number of hydrogen-bond acceptors (Lipinski definition) is 3. The zero-order valence-corrected chi connectivity index (χ0v) is 14.1. The summed E-state index contributed by atoms with van der Waals surface area (Å²) in [5.74, 6) is -0.829. The molecule has 3 N–H and O–H groups in total. The van der Waals surface area contributed by atoms with Crippen LogP contribution in [0.15, 0.2) is 65.8 Å². The summed E-state index contributed by atoms with van der Waals surface area (Å²) in [5, 5.41) is 15.0. The van der Waals surface area contributed by atoms with E-state index in [-0.39, 0.29) is 17.6 Å². The summed E-state index contributed by atoms with van der Waals surface area (Å²) in [7, 11) is 0. The van der Waals surface area contributed by atoms with Gasteiger partial charge < -0.3 is 5.32 Å². The molecule has 0 aliphatic rings. The maximum Gasteiger partial charge on any atom is 0.251 e. The van der Waals surface area contributed by atoms with Crippen molar-refractivity contribution in [3.63, 3.8) is 0 Å². The Bertz CT molecular complexity index is 998. The van der Waals surface area contributed by atoms with E-state index in [9.17, 15) is 9.18 Å². The minimum absolute atomic E-state index is 0.210. The van der Waals surface area contributed by atoms with Crippen LogP contribution in [0.2, 0.25) is 0 Å². The Labute approximate surface area is 149 Å². The number of nitrogens with one attached hydrogen (secondary N) is 3. The number of carbonyl (C=O) groups is 1. The van der Waals surface area contributed by atoms with E-state index in [1.807, 2.05) is 24.3 Å². The zero-order valence-electron chi connectivity index (χ0n) is 14.1. The summed E-state index contributed by atoms with van der Waals surface area (Å²) in [6.45, 7) is 1.60. The maximum atomic E-state index is 13.2. The predicted molar refractivity (Wildman–Crippen MR) is 99.1 cm³/mol. The van der Waals surface area contributed by atoms with Gasteiger partial charge in [0, 0.05) is 5.56 Å². The number of amidine groups is 1. The summed E-state index contributed by atoms with van der Waals surface area (Å²) >= 11 is 0. The second-order valence-corrected chi connectivity index (χ2v) is 5.94. The number of rotatable bonds is 4. The van der Waals surface area contributed by atoms with Crippen molar-refractivity contribution in [2.45, 2.75) is 13.0 Å².